The number of carbonyl (C=O) groups excluding carboxylic acids is 1. The van der Waals surface area contributed by atoms with Crippen LogP contribution in [0.3, 0.4) is 0 Å². The van der Waals surface area contributed by atoms with Crippen molar-refractivity contribution in [3.05, 3.63) is 12.7 Å². The highest BCUT2D eigenvalue weighted by atomic mass is 16.1. The van der Waals surface area contributed by atoms with E-state index < -0.39 is 0 Å². The molecule has 1 heterocycles. The van der Waals surface area contributed by atoms with Gasteiger partial charge in [0.2, 0.25) is 0 Å². The lowest BCUT2D eigenvalue weighted by Crippen LogP contribution is -2.37. The van der Waals surface area contributed by atoms with Crippen LogP contribution >= 0.6 is 0 Å². The molecular weight excluding hydrogens is 162 g/mol. The van der Waals surface area contributed by atoms with Crippen LogP contribution in [0.15, 0.2) is 12.7 Å². The van der Waals surface area contributed by atoms with Gasteiger partial charge in [-0.3, -0.25) is 9.69 Å². The van der Waals surface area contributed by atoms with Crippen LogP contribution in [0.5, 0.6) is 0 Å². The number of ketones is 1. The lowest BCUT2D eigenvalue weighted by atomic mass is 10.1. The van der Waals surface area contributed by atoms with E-state index in [-0.39, 0.29) is 0 Å². The molecule has 0 aromatic heterocycles. The van der Waals surface area contributed by atoms with E-state index in [2.05, 4.69) is 18.4 Å². The number of nitrogens with zero attached hydrogens (tertiary/aromatic N) is 1. The summed E-state index contributed by atoms with van der Waals surface area (Å²) in [6, 6.07) is 0.873. The molecule has 0 bridgehead atoms. The highest BCUT2D eigenvalue weighted by Gasteiger charge is 2.27. The van der Waals surface area contributed by atoms with Crippen LogP contribution in [0.25, 0.3) is 0 Å². The molecular formula is C11H19NO. The lowest BCUT2D eigenvalue weighted by molar-refractivity contribution is -0.118. The predicted molar refractivity (Wildman–Crippen MR) is 54.7 cm³/mol. The Kier molecular flexibility index (Phi) is 3.67. The van der Waals surface area contributed by atoms with Crippen LogP contribution in [0, 0.1) is 0 Å². The van der Waals surface area contributed by atoms with Crippen molar-refractivity contribution in [2.45, 2.75) is 45.2 Å². The molecule has 1 aliphatic rings. The lowest BCUT2D eigenvalue weighted by Gasteiger charge is -2.27. The maximum Gasteiger partial charge on any atom is 0.131 e. The van der Waals surface area contributed by atoms with E-state index in [0.29, 0.717) is 24.3 Å². The van der Waals surface area contributed by atoms with Crippen molar-refractivity contribution in [1.29, 1.82) is 0 Å². The molecule has 2 unspecified atom stereocenters. The van der Waals surface area contributed by atoms with Gasteiger partial charge in [-0.1, -0.05) is 6.08 Å². The van der Waals surface area contributed by atoms with Gasteiger partial charge < -0.3 is 0 Å². The first-order valence-corrected chi connectivity index (χ1v) is 5.03. The van der Waals surface area contributed by atoms with Crippen molar-refractivity contribution >= 4 is 5.78 Å². The molecule has 0 aromatic rings. The number of carbonyl (C=O) groups is 1. The first-order valence-electron chi connectivity index (χ1n) is 5.03. The van der Waals surface area contributed by atoms with Gasteiger partial charge in [0.25, 0.3) is 0 Å². The van der Waals surface area contributed by atoms with Crippen molar-refractivity contribution in [1.82, 2.24) is 4.90 Å². The Morgan fingerprint density at radius 3 is 3.00 bits per heavy atom. The summed E-state index contributed by atoms with van der Waals surface area (Å²) in [6.45, 7) is 8.73. The first-order chi connectivity index (χ1) is 6.15. The third-order valence-electron chi connectivity index (χ3n) is 2.81. The quantitative estimate of drug-likeness (QED) is 0.618. The zero-order valence-electron chi connectivity index (χ0n) is 8.62. The summed E-state index contributed by atoms with van der Waals surface area (Å²) in [5.41, 5.74) is 0. The van der Waals surface area contributed by atoms with Crippen LogP contribution < -0.4 is 0 Å². The van der Waals surface area contributed by atoms with Gasteiger partial charge in [-0.05, 0) is 33.2 Å². The van der Waals surface area contributed by atoms with E-state index in [4.69, 9.17) is 0 Å². The summed E-state index contributed by atoms with van der Waals surface area (Å²) < 4.78 is 0. The van der Waals surface area contributed by atoms with Crippen LogP contribution in [0.1, 0.15) is 33.1 Å². The van der Waals surface area contributed by atoms with E-state index >= 15 is 0 Å². The molecule has 0 amide bonds. The second-order valence-electron chi connectivity index (χ2n) is 3.92. The van der Waals surface area contributed by atoms with E-state index in [1.807, 2.05) is 6.08 Å². The van der Waals surface area contributed by atoms with Crippen molar-refractivity contribution in [2.24, 2.45) is 0 Å². The summed E-state index contributed by atoms with van der Waals surface area (Å²) in [5.74, 6) is 0.299. The van der Waals surface area contributed by atoms with Crippen molar-refractivity contribution in [3.8, 4) is 0 Å². The van der Waals surface area contributed by atoms with Gasteiger partial charge in [0.15, 0.2) is 0 Å². The van der Waals surface area contributed by atoms with E-state index in [0.717, 1.165) is 13.0 Å². The molecule has 1 rings (SSSR count). The number of hydrogen-bond donors (Lipinski definition) is 0. The van der Waals surface area contributed by atoms with Crippen LogP contribution in [0.4, 0.5) is 0 Å². The van der Waals surface area contributed by atoms with Gasteiger partial charge in [-0.25, -0.2) is 0 Å². The Hall–Kier alpha value is -0.630. The van der Waals surface area contributed by atoms with E-state index in [1.165, 1.54) is 6.42 Å². The molecule has 0 radical (unpaired) electrons. The second-order valence-corrected chi connectivity index (χ2v) is 3.92. The number of hydrogen-bond acceptors (Lipinski definition) is 2. The molecule has 0 N–H and O–H groups in total. The van der Waals surface area contributed by atoms with E-state index in [9.17, 15) is 4.79 Å². The molecule has 0 aromatic carbocycles. The average Bonchev–Trinajstić information content (AvgIpc) is 2.50. The van der Waals surface area contributed by atoms with Gasteiger partial charge in [-0.15, -0.1) is 6.58 Å². The summed E-state index contributed by atoms with van der Waals surface area (Å²) in [4.78, 5) is 13.4. The molecule has 74 valence electrons. The average molecular weight is 181 g/mol. The smallest absolute Gasteiger partial charge is 0.131 e. The van der Waals surface area contributed by atoms with Gasteiger partial charge in [-0.2, -0.15) is 0 Å². The van der Waals surface area contributed by atoms with Crippen molar-refractivity contribution in [3.63, 3.8) is 0 Å². The minimum atomic E-state index is 0.299. The molecule has 0 aliphatic carbocycles. The third-order valence-corrected chi connectivity index (χ3v) is 2.81. The van der Waals surface area contributed by atoms with Crippen LogP contribution in [-0.2, 0) is 4.79 Å². The standard InChI is InChI=1S/C11H19NO/c1-4-9(2)12-7-5-6-11(12)8-10(3)13/h4,9,11H,1,5-8H2,2-3H3. The second kappa shape index (κ2) is 4.56. The van der Waals surface area contributed by atoms with Gasteiger partial charge in [0.05, 0.1) is 0 Å². The molecule has 2 heteroatoms. The Balaban J connectivity index is 2.52. The maximum absolute atomic E-state index is 11.0. The van der Waals surface area contributed by atoms with Crippen molar-refractivity contribution < 1.29 is 4.79 Å². The van der Waals surface area contributed by atoms with Crippen molar-refractivity contribution in [2.75, 3.05) is 6.54 Å². The topological polar surface area (TPSA) is 20.3 Å². The fraction of sp³-hybridized carbons (Fsp3) is 0.727. The first kappa shape index (κ1) is 10.5. The predicted octanol–water partition coefficient (Wildman–Crippen LogP) is 2.00. The maximum atomic E-state index is 11.0. The van der Waals surface area contributed by atoms with E-state index in [1.54, 1.807) is 6.92 Å². The van der Waals surface area contributed by atoms with Gasteiger partial charge in [0, 0.05) is 18.5 Å². The fourth-order valence-electron chi connectivity index (χ4n) is 2.08. The van der Waals surface area contributed by atoms with Gasteiger partial charge >= 0.3 is 0 Å². The van der Waals surface area contributed by atoms with Crippen LogP contribution in [0.2, 0.25) is 0 Å². The molecule has 13 heavy (non-hydrogen) atoms. The Morgan fingerprint density at radius 2 is 2.46 bits per heavy atom. The molecule has 1 saturated heterocycles. The van der Waals surface area contributed by atoms with Gasteiger partial charge in [0.1, 0.15) is 5.78 Å². The van der Waals surface area contributed by atoms with Crippen LogP contribution in [-0.4, -0.2) is 29.3 Å². The summed E-state index contributed by atoms with van der Waals surface area (Å²) in [6.07, 6.45) is 5.05. The minimum Gasteiger partial charge on any atom is -0.300 e. The SMILES string of the molecule is C=CC(C)N1CCCC1CC(C)=O. The largest absolute Gasteiger partial charge is 0.300 e. The molecule has 1 aliphatic heterocycles. The zero-order valence-corrected chi connectivity index (χ0v) is 8.62. The Labute approximate surface area is 80.6 Å². The normalized spacial score (nSPS) is 25.8. The molecule has 1 fully saturated rings. The number of likely N-dealkylation sites (tertiary alicyclic amines) is 1. The summed E-state index contributed by atoms with van der Waals surface area (Å²) in [7, 11) is 0. The molecule has 2 nitrogen and oxygen atoms in total. The minimum absolute atomic E-state index is 0.299. The monoisotopic (exact) mass is 181 g/mol. The summed E-state index contributed by atoms with van der Waals surface area (Å²) >= 11 is 0. The highest BCUT2D eigenvalue weighted by Crippen LogP contribution is 2.22. The third kappa shape index (κ3) is 2.66. The molecule has 0 saturated carbocycles. The number of Topliss-reactive ketones (excluding diaryl/α,β-unsaturated/α-hetero) is 1. The highest BCUT2D eigenvalue weighted by molar-refractivity contribution is 5.76. The number of rotatable bonds is 4. The summed E-state index contributed by atoms with van der Waals surface area (Å²) in [5, 5.41) is 0. The Morgan fingerprint density at radius 1 is 1.77 bits per heavy atom. The fourth-order valence-corrected chi connectivity index (χ4v) is 2.08. The molecule has 2 atom stereocenters. The zero-order chi connectivity index (χ0) is 9.84. The Bertz CT molecular complexity index is 200. The molecule has 0 spiro atoms.